The molecule has 374 valence electrons. The number of benzene rings is 12. The minimum absolute atomic E-state index is 0.587. The van der Waals surface area contributed by atoms with Gasteiger partial charge in [0.05, 0.1) is 34.6 Å². The predicted octanol–water partition coefficient (Wildman–Crippen LogP) is 20.4. The van der Waals surface area contributed by atoms with Gasteiger partial charge in [-0.1, -0.05) is 121 Å². The summed E-state index contributed by atoms with van der Waals surface area (Å²) in [6.07, 6.45) is 0. The lowest BCUT2D eigenvalue weighted by molar-refractivity contribution is 1.28. The van der Waals surface area contributed by atoms with Crippen molar-refractivity contribution in [1.82, 2.24) is 0 Å². The van der Waals surface area contributed by atoms with E-state index in [4.69, 9.17) is 0 Å². The monoisotopic (exact) mass is 1000 g/mol. The van der Waals surface area contributed by atoms with Gasteiger partial charge >= 0.3 is 0 Å². The van der Waals surface area contributed by atoms with Crippen LogP contribution in [0.15, 0.2) is 206 Å². The van der Waals surface area contributed by atoms with Crippen molar-refractivity contribution in [3.8, 4) is 56.6 Å². The topological polar surface area (TPSA) is 54.1 Å². The molecule has 0 bridgehead atoms. The van der Waals surface area contributed by atoms with Crippen LogP contribution in [0, 0.1) is 78.1 Å². The molecule has 0 aliphatic rings. The highest BCUT2D eigenvalue weighted by molar-refractivity contribution is 6.28. The lowest BCUT2D eigenvalue weighted by Crippen LogP contribution is -2.12. The number of hydrogen-bond acceptors (Lipinski definition) is 4. The highest BCUT2D eigenvalue weighted by Crippen LogP contribution is 2.50. The third kappa shape index (κ3) is 8.49. The molecule has 0 amide bonds. The molecule has 78 heavy (non-hydrogen) atoms. The number of hydrogen-bond donors (Lipinski definition) is 0. The Morgan fingerprint density at radius 1 is 0.282 bits per heavy atom. The molecule has 0 atom stereocenters. The van der Waals surface area contributed by atoms with E-state index in [-0.39, 0.29) is 0 Å². The summed E-state index contributed by atoms with van der Waals surface area (Å²) in [5.74, 6) is 0. The van der Waals surface area contributed by atoms with Crippen molar-refractivity contribution in [2.45, 2.75) is 55.4 Å². The smallest absolute Gasteiger partial charge is 0.0992 e. The molecule has 12 aromatic rings. The molecular formula is C74H58N4. The van der Waals surface area contributed by atoms with Gasteiger partial charge in [-0.15, -0.1) is 0 Å². The van der Waals surface area contributed by atoms with Crippen LogP contribution in [0.2, 0.25) is 0 Å². The Morgan fingerprint density at radius 2 is 0.564 bits per heavy atom. The maximum Gasteiger partial charge on any atom is 0.0992 e. The van der Waals surface area contributed by atoms with Crippen LogP contribution >= 0.6 is 0 Å². The molecule has 0 saturated heterocycles. The maximum atomic E-state index is 10.4. The largest absolute Gasteiger partial charge is 0.310 e. The van der Waals surface area contributed by atoms with E-state index < -0.39 is 0 Å². The Labute approximate surface area is 458 Å². The number of nitriles is 2. The summed E-state index contributed by atoms with van der Waals surface area (Å²) in [4.78, 5) is 4.71. The zero-order valence-corrected chi connectivity index (χ0v) is 45.4. The van der Waals surface area contributed by atoms with E-state index in [0.29, 0.717) is 11.1 Å². The first-order valence-corrected chi connectivity index (χ1v) is 26.8. The predicted molar refractivity (Wildman–Crippen MR) is 329 cm³/mol. The van der Waals surface area contributed by atoms with Crippen LogP contribution in [0.4, 0.5) is 34.1 Å². The van der Waals surface area contributed by atoms with Crippen LogP contribution in [0.1, 0.15) is 55.6 Å². The molecule has 0 radical (unpaired) electrons. The molecule has 0 aliphatic heterocycles. The van der Waals surface area contributed by atoms with E-state index in [1.54, 1.807) is 0 Å². The average Bonchev–Trinajstić information content (AvgIpc) is 3.64. The first kappa shape index (κ1) is 49.2. The third-order valence-electron chi connectivity index (χ3n) is 16.0. The van der Waals surface area contributed by atoms with Crippen LogP contribution in [-0.2, 0) is 0 Å². The number of aryl methyl sites for hydroxylation is 8. The molecule has 0 heterocycles. The summed E-state index contributed by atoms with van der Waals surface area (Å²) in [6, 6.07) is 79.1. The van der Waals surface area contributed by atoms with Gasteiger partial charge in [0.15, 0.2) is 0 Å². The molecule has 0 spiro atoms. The fourth-order valence-electron chi connectivity index (χ4n) is 12.6. The zero-order valence-electron chi connectivity index (χ0n) is 45.4. The summed E-state index contributed by atoms with van der Waals surface area (Å²) in [7, 11) is 0. The highest BCUT2D eigenvalue weighted by atomic mass is 15.2. The van der Waals surface area contributed by atoms with Gasteiger partial charge in [-0.05, 0) is 251 Å². The van der Waals surface area contributed by atoms with Crippen molar-refractivity contribution in [1.29, 1.82) is 10.5 Å². The van der Waals surface area contributed by atoms with Gasteiger partial charge in [-0.2, -0.15) is 10.5 Å². The molecular weight excluding hydrogens is 945 g/mol. The molecule has 0 aliphatic carbocycles. The molecule has 0 N–H and O–H groups in total. The molecule has 12 rings (SSSR count). The average molecular weight is 1000 g/mol. The second kappa shape index (κ2) is 19.8. The fraction of sp³-hybridized carbons (Fsp3) is 0.108. The number of nitrogens with zero attached hydrogens (tertiary/aromatic N) is 4. The molecule has 0 unspecified atom stereocenters. The molecule has 0 saturated carbocycles. The Hall–Kier alpha value is -9.74. The van der Waals surface area contributed by atoms with E-state index in [0.717, 1.165) is 88.7 Å². The normalized spacial score (nSPS) is 11.3. The van der Waals surface area contributed by atoms with Crippen LogP contribution in [0.25, 0.3) is 76.8 Å². The standard InChI is InChI=1S/C74H58N4/c1-45-15-9-16-46(2)69(45)57-37-58(70-47(3)17-10-18-48(70)4)40-63(39-57)77(61-25-13-23-53(35-61)43-75)67-33-29-55-28-32-66-68(34-30-56-27-31-65(67)73(55)74(56)66)78(62-26-14-24-54(36-62)44-76)64-41-59(71-49(5)19-11-20-50(71)6)38-60(42-64)72-51(7)21-12-22-52(72)8/h9-42H,1-8H3. The van der Waals surface area contributed by atoms with E-state index in [2.05, 4.69) is 247 Å². The first-order valence-electron chi connectivity index (χ1n) is 26.8. The lowest BCUT2D eigenvalue weighted by atomic mass is 9.89. The molecule has 0 fully saturated rings. The Morgan fingerprint density at radius 3 is 0.859 bits per heavy atom. The van der Waals surface area contributed by atoms with E-state index in [1.807, 2.05) is 36.4 Å². The van der Waals surface area contributed by atoms with Crippen molar-refractivity contribution in [3.05, 3.63) is 262 Å². The summed E-state index contributed by atoms with van der Waals surface area (Å²) < 4.78 is 0. The Kier molecular flexibility index (Phi) is 12.4. The van der Waals surface area contributed by atoms with Crippen LogP contribution < -0.4 is 9.80 Å². The second-order valence-corrected chi connectivity index (χ2v) is 21.2. The molecule has 0 aromatic heterocycles. The van der Waals surface area contributed by atoms with Crippen molar-refractivity contribution >= 4 is 66.4 Å². The Balaban J connectivity index is 1.14. The van der Waals surface area contributed by atoms with Gasteiger partial charge in [0.2, 0.25) is 0 Å². The van der Waals surface area contributed by atoms with Crippen LogP contribution in [0.5, 0.6) is 0 Å². The van der Waals surface area contributed by atoms with Gasteiger partial charge in [-0.25, -0.2) is 0 Å². The zero-order chi connectivity index (χ0) is 53.9. The van der Waals surface area contributed by atoms with Crippen molar-refractivity contribution in [2.75, 3.05) is 9.80 Å². The van der Waals surface area contributed by atoms with Crippen molar-refractivity contribution < 1.29 is 0 Å². The molecule has 12 aromatic carbocycles. The Bertz CT molecular complexity index is 3960. The SMILES string of the molecule is Cc1cccc(C)c1-c1cc(-c2c(C)cccc2C)cc(N(c2cccc(C#N)c2)c2ccc3ccc4c(N(c5cccc(C#N)c5)c5cc(-c6c(C)cccc6C)cc(-c6c(C)cccc6C)c5)ccc5ccc2c3c54)c1. The van der Waals surface area contributed by atoms with E-state index in [9.17, 15) is 10.5 Å². The van der Waals surface area contributed by atoms with Crippen LogP contribution in [0.3, 0.4) is 0 Å². The second-order valence-electron chi connectivity index (χ2n) is 21.2. The summed E-state index contributed by atoms with van der Waals surface area (Å²) in [5.41, 5.74) is 26.0. The fourth-order valence-corrected chi connectivity index (χ4v) is 12.6. The van der Waals surface area contributed by atoms with Gasteiger partial charge in [-0.3, -0.25) is 0 Å². The molecule has 4 nitrogen and oxygen atoms in total. The van der Waals surface area contributed by atoms with Gasteiger partial charge in [0.1, 0.15) is 0 Å². The number of rotatable bonds is 10. The summed E-state index contributed by atoms with van der Waals surface area (Å²) in [6.45, 7) is 17.6. The lowest BCUT2D eigenvalue weighted by Gasteiger charge is -2.30. The maximum absolute atomic E-state index is 10.4. The highest BCUT2D eigenvalue weighted by Gasteiger charge is 2.25. The van der Waals surface area contributed by atoms with E-state index >= 15 is 0 Å². The third-order valence-corrected chi connectivity index (χ3v) is 16.0. The van der Waals surface area contributed by atoms with Crippen molar-refractivity contribution in [2.24, 2.45) is 0 Å². The number of anilines is 6. The molecule has 4 heteroatoms. The van der Waals surface area contributed by atoms with Gasteiger partial charge < -0.3 is 9.80 Å². The van der Waals surface area contributed by atoms with Gasteiger partial charge in [0, 0.05) is 33.5 Å². The summed E-state index contributed by atoms with van der Waals surface area (Å²) >= 11 is 0. The minimum atomic E-state index is 0.587. The van der Waals surface area contributed by atoms with E-state index in [1.165, 1.54) is 66.8 Å². The van der Waals surface area contributed by atoms with Crippen molar-refractivity contribution in [3.63, 3.8) is 0 Å². The van der Waals surface area contributed by atoms with Crippen LogP contribution in [-0.4, -0.2) is 0 Å². The quantitative estimate of drug-likeness (QED) is 0.128. The summed E-state index contributed by atoms with van der Waals surface area (Å²) in [5, 5.41) is 27.6. The minimum Gasteiger partial charge on any atom is -0.310 e. The van der Waals surface area contributed by atoms with Gasteiger partial charge in [0.25, 0.3) is 0 Å². The first-order chi connectivity index (χ1) is 37.9.